The summed E-state index contributed by atoms with van der Waals surface area (Å²) in [6.07, 6.45) is 1.46. The molecule has 0 aliphatic rings. The molecule has 7 heteroatoms. The number of aromatic nitrogens is 1. The summed E-state index contributed by atoms with van der Waals surface area (Å²) in [4.78, 5) is 16.1. The van der Waals surface area contributed by atoms with Crippen LogP contribution in [0.4, 0.5) is 20.2 Å². The van der Waals surface area contributed by atoms with Crippen molar-refractivity contribution in [3.05, 3.63) is 88.7 Å². The zero-order valence-electron chi connectivity index (χ0n) is 13.5. The van der Waals surface area contributed by atoms with Gasteiger partial charge in [0.25, 0.3) is 5.91 Å². The van der Waals surface area contributed by atoms with Crippen molar-refractivity contribution in [2.75, 3.05) is 10.6 Å². The van der Waals surface area contributed by atoms with Gasteiger partial charge in [0.05, 0.1) is 11.9 Å². The summed E-state index contributed by atoms with van der Waals surface area (Å²) in [6, 6.07) is 13.9. The predicted octanol–water partition coefficient (Wildman–Crippen LogP) is 4.88. The summed E-state index contributed by atoms with van der Waals surface area (Å²) in [5.41, 5.74) is 1.14. The smallest absolute Gasteiger partial charge is 0.274 e. The van der Waals surface area contributed by atoms with E-state index in [0.717, 1.165) is 17.7 Å². The Balaban J connectivity index is 1.65. The van der Waals surface area contributed by atoms with E-state index in [4.69, 9.17) is 11.6 Å². The maximum absolute atomic E-state index is 13.6. The fourth-order valence-corrected chi connectivity index (χ4v) is 2.47. The average molecular weight is 374 g/mol. The quantitative estimate of drug-likeness (QED) is 0.670. The molecule has 0 spiro atoms. The van der Waals surface area contributed by atoms with E-state index < -0.39 is 23.2 Å². The number of benzene rings is 2. The van der Waals surface area contributed by atoms with Crippen molar-refractivity contribution in [3.8, 4) is 0 Å². The van der Waals surface area contributed by atoms with E-state index in [1.165, 1.54) is 18.3 Å². The van der Waals surface area contributed by atoms with Gasteiger partial charge in [0.1, 0.15) is 23.0 Å². The van der Waals surface area contributed by atoms with Crippen LogP contribution in [0.3, 0.4) is 0 Å². The number of para-hydroxylation sites is 1. The topological polar surface area (TPSA) is 54.0 Å². The Morgan fingerprint density at radius 1 is 1.00 bits per heavy atom. The number of carbonyl (C=O) groups excluding carboxylic acids is 1. The molecule has 1 heterocycles. The molecular weight excluding hydrogens is 360 g/mol. The molecule has 2 N–H and O–H groups in total. The van der Waals surface area contributed by atoms with Crippen LogP contribution < -0.4 is 10.6 Å². The fraction of sp³-hybridized carbons (Fsp3) is 0.0526. The molecule has 1 aromatic heterocycles. The highest BCUT2D eigenvalue weighted by Crippen LogP contribution is 2.19. The molecule has 0 atom stereocenters. The van der Waals surface area contributed by atoms with Gasteiger partial charge in [-0.05, 0) is 35.9 Å². The minimum atomic E-state index is -0.851. The molecular formula is C19H14ClF2N3O. The van der Waals surface area contributed by atoms with Crippen LogP contribution in [-0.2, 0) is 6.54 Å². The second kappa shape index (κ2) is 7.93. The van der Waals surface area contributed by atoms with Crippen molar-refractivity contribution >= 4 is 28.9 Å². The van der Waals surface area contributed by atoms with Crippen molar-refractivity contribution < 1.29 is 13.6 Å². The first-order chi connectivity index (χ1) is 12.5. The number of amides is 1. The Morgan fingerprint density at radius 3 is 2.38 bits per heavy atom. The van der Waals surface area contributed by atoms with E-state index in [1.54, 1.807) is 12.1 Å². The lowest BCUT2D eigenvalue weighted by Crippen LogP contribution is -2.15. The minimum absolute atomic E-state index is 0.0379. The summed E-state index contributed by atoms with van der Waals surface area (Å²) in [5, 5.41) is 5.98. The Kier molecular flexibility index (Phi) is 5.43. The third kappa shape index (κ3) is 4.15. The van der Waals surface area contributed by atoms with Gasteiger partial charge in [-0.25, -0.2) is 13.8 Å². The molecule has 0 saturated carbocycles. The monoisotopic (exact) mass is 373 g/mol. The van der Waals surface area contributed by atoms with Gasteiger partial charge >= 0.3 is 0 Å². The van der Waals surface area contributed by atoms with Crippen LogP contribution in [0.25, 0.3) is 0 Å². The van der Waals surface area contributed by atoms with E-state index in [1.807, 2.05) is 18.2 Å². The number of hydrogen-bond acceptors (Lipinski definition) is 3. The van der Waals surface area contributed by atoms with Crippen LogP contribution in [0, 0.1) is 11.6 Å². The number of anilines is 2. The van der Waals surface area contributed by atoms with Crippen molar-refractivity contribution in [2.24, 2.45) is 0 Å². The molecule has 3 rings (SSSR count). The van der Waals surface area contributed by atoms with Gasteiger partial charge in [0.2, 0.25) is 0 Å². The van der Waals surface area contributed by atoms with Crippen LogP contribution in [0.2, 0.25) is 5.02 Å². The van der Waals surface area contributed by atoms with Crippen LogP contribution in [0.5, 0.6) is 0 Å². The number of carbonyl (C=O) groups is 1. The lowest BCUT2D eigenvalue weighted by Gasteiger charge is -2.09. The van der Waals surface area contributed by atoms with Gasteiger partial charge in [0.15, 0.2) is 0 Å². The van der Waals surface area contributed by atoms with Crippen molar-refractivity contribution in [1.29, 1.82) is 0 Å². The van der Waals surface area contributed by atoms with Crippen LogP contribution in [0.15, 0.2) is 60.8 Å². The number of halogens is 3. The first-order valence-corrected chi connectivity index (χ1v) is 8.11. The molecule has 1 amide bonds. The molecule has 0 unspecified atom stereocenters. The summed E-state index contributed by atoms with van der Waals surface area (Å²) in [5.74, 6) is -2.40. The lowest BCUT2D eigenvalue weighted by atomic mass is 10.2. The van der Waals surface area contributed by atoms with Crippen LogP contribution in [0.1, 0.15) is 16.1 Å². The normalized spacial score (nSPS) is 10.4. The first kappa shape index (κ1) is 17.8. The summed E-state index contributed by atoms with van der Waals surface area (Å²) in [6.45, 7) is 0.493. The highest BCUT2D eigenvalue weighted by Gasteiger charge is 2.14. The highest BCUT2D eigenvalue weighted by molar-refractivity contribution is 6.31. The Labute approximate surface area is 153 Å². The predicted molar refractivity (Wildman–Crippen MR) is 97.3 cm³/mol. The third-order valence-electron chi connectivity index (χ3n) is 3.64. The van der Waals surface area contributed by atoms with Gasteiger partial charge in [-0.2, -0.15) is 0 Å². The van der Waals surface area contributed by atoms with E-state index >= 15 is 0 Å². The molecule has 4 nitrogen and oxygen atoms in total. The Hall–Kier alpha value is -2.99. The molecule has 0 fully saturated rings. The van der Waals surface area contributed by atoms with Crippen LogP contribution >= 0.6 is 11.6 Å². The molecule has 26 heavy (non-hydrogen) atoms. The zero-order chi connectivity index (χ0) is 18.5. The molecule has 0 aliphatic heterocycles. The van der Waals surface area contributed by atoms with Gasteiger partial charge in [0, 0.05) is 11.6 Å². The number of hydrogen-bond donors (Lipinski definition) is 2. The Morgan fingerprint density at radius 2 is 1.73 bits per heavy atom. The van der Waals surface area contributed by atoms with Gasteiger partial charge in [-0.15, -0.1) is 0 Å². The second-order valence-corrected chi connectivity index (χ2v) is 5.84. The zero-order valence-corrected chi connectivity index (χ0v) is 14.2. The molecule has 0 aliphatic carbocycles. The Bertz CT molecular complexity index is 912. The first-order valence-electron chi connectivity index (χ1n) is 7.73. The molecule has 3 aromatic rings. The fourth-order valence-electron chi connectivity index (χ4n) is 2.27. The summed E-state index contributed by atoms with van der Waals surface area (Å²) in [7, 11) is 0. The third-order valence-corrected chi connectivity index (χ3v) is 4.01. The van der Waals surface area contributed by atoms with Gasteiger partial charge < -0.3 is 10.6 Å². The van der Waals surface area contributed by atoms with E-state index in [2.05, 4.69) is 15.6 Å². The number of rotatable bonds is 5. The van der Waals surface area contributed by atoms with Crippen molar-refractivity contribution in [3.63, 3.8) is 0 Å². The van der Waals surface area contributed by atoms with E-state index in [9.17, 15) is 13.6 Å². The highest BCUT2D eigenvalue weighted by atomic mass is 35.5. The molecule has 0 radical (unpaired) electrons. The SMILES string of the molecule is O=C(Nc1c(F)cccc1F)c1ccc(NCc2ccccc2Cl)cn1. The summed E-state index contributed by atoms with van der Waals surface area (Å²) < 4.78 is 27.2. The number of nitrogens with zero attached hydrogens (tertiary/aromatic N) is 1. The standard InChI is InChI=1S/C19H14ClF2N3O/c20-14-5-2-1-4-12(14)10-23-13-8-9-17(24-11-13)19(26)25-18-15(21)6-3-7-16(18)22/h1-9,11,23H,10H2,(H,25,26). The largest absolute Gasteiger partial charge is 0.380 e. The average Bonchev–Trinajstić information content (AvgIpc) is 2.64. The molecule has 2 aromatic carbocycles. The maximum Gasteiger partial charge on any atom is 0.274 e. The molecule has 0 bridgehead atoms. The maximum atomic E-state index is 13.6. The minimum Gasteiger partial charge on any atom is -0.380 e. The van der Waals surface area contributed by atoms with Crippen molar-refractivity contribution in [2.45, 2.75) is 6.54 Å². The van der Waals surface area contributed by atoms with E-state index in [-0.39, 0.29) is 5.69 Å². The number of pyridine rings is 1. The van der Waals surface area contributed by atoms with Crippen LogP contribution in [-0.4, -0.2) is 10.9 Å². The van der Waals surface area contributed by atoms with E-state index in [0.29, 0.717) is 17.3 Å². The lowest BCUT2D eigenvalue weighted by molar-refractivity contribution is 0.102. The van der Waals surface area contributed by atoms with Gasteiger partial charge in [-0.1, -0.05) is 35.9 Å². The molecule has 0 saturated heterocycles. The summed E-state index contributed by atoms with van der Waals surface area (Å²) >= 11 is 6.09. The second-order valence-electron chi connectivity index (χ2n) is 5.43. The van der Waals surface area contributed by atoms with Crippen molar-refractivity contribution in [1.82, 2.24) is 4.98 Å². The number of nitrogens with one attached hydrogen (secondary N) is 2. The molecule has 132 valence electrons. The van der Waals surface area contributed by atoms with Gasteiger partial charge in [-0.3, -0.25) is 4.79 Å².